The molecule has 0 saturated carbocycles. The molecule has 2 aliphatic heterocycles. The minimum atomic E-state index is -5.19. The summed E-state index contributed by atoms with van der Waals surface area (Å²) in [6.07, 6.45) is -0.796. The second kappa shape index (κ2) is 12.9. The number of benzene rings is 2. The van der Waals surface area contributed by atoms with Gasteiger partial charge in [-0.05, 0) is 43.3 Å². The van der Waals surface area contributed by atoms with Crippen molar-refractivity contribution in [3.63, 3.8) is 0 Å². The number of thiazole rings is 1. The number of carboxylic acid groups (broad SMARTS) is 2. The Hall–Kier alpha value is -3.97. The van der Waals surface area contributed by atoms with Crippen LogP contribution in [0.2, 0.25) is 0 Å². The molecule has 0 radical (unpaired) electrons. The van der Waals surface area contributed by atoms with Crippen molar-refractivity contribution in [2.24, 2.45) is 5.41 Å². The van der Waals surface area contributed by atoms with Gasteiger partial charge in [-0.15, -0.1) is 11.3 Å². The van der Waals surface area contributed by atoms with Crippen molar-refractivity contribution >= 4 is 34.9 Å². The molecule has 1 spiro atoms. The Labute approximate surface area is 244 Å². The zero-order valence-electron chi connectivity index (χ0n) is 22.8. The van der Waals surface area contributed by atoms with E-state index in [1.54, 1.807) is 35.6 Å². The molecule has 224 valence electrons. The number of amides is 1. The number of carbonyl (C=O) groups is 3. The van der Waals surface area contributed by atoms with E-state index < -0.39 is 18.1 Å². The van der Waals surface area contributed by atoms with Gasteiger partial charge in [0.25, 0.3) is 0 Å². The van der Waals surface area contributed by atoms with E-state index in [0.29, 0.717) is 19.6 Å². The average molecular weight is 606 g/mol. The van der Waals surface area contributed by atoms with Crippen LogP contribution in [0.15, 0.2) is 54.0 Å². The summed E-state index contributed by atoms with van der Waals surface area (Å²) in [4.78, 5) is 40.6. The van der Waals surface area contributed by atoms with Gasteiger partial charge in [-0.2, -0.15) is 13.2 Å². The molecule has 1 amide bonds. The number of aromatic carboxylic acids is 1. The van der Waals surface area contributed by atoms with Crippen molar-refractivity contribution in [1.29, 1.82) is 0 Å². The summed E-state index contributed by atoms with van der Waals surface area (Å²) in [5, 5.41) is 20.9. The molecular formula is C29H30F3N3O6S. The molecule has 2 fully saturated rings. The molecule has 3 heterocycles. The number of halogens is 3. The van der Waals surface area contributed by atoms with Crippen LogP contribution in [0.1, 0.15) is 42.1 Å². The van der Waals surface area contributed by atoms with Crippen molar-refractivity contribution in [2.75, 3.05) is 31.1 Å². The highest BCUT2D eigenvalue weighted by Crippen LogP contribution is 2.40. The first-order chi connectivity index (χ1) is 19.9. The van der Waals surface area contributed by atoms with E-state index in [2.05, 4.69) is 23.2 Å². The quantitative estimate of drug-likeness (QED) is 0.425. The van der Waals surface area contributed by atoms with Crippen LogP contribution in [0.4, 0.5) is 18.9 Å². The predicted molar refractivity (Wildman–Crippen MR) is 146 cm³/mol. The van der Waals surface area contributed by atoms with E-state index in [9.17, 15) is 22.8 Å². The lowest BCUT2D eigenvalue weighted by Gasteiger charge is -2.36. The standard InChI is InChI=1S/C27H29N3O4S.C2HF3O2/c1-2-34-23-15-19(3-8-22(23)25-28-11-14-35-25)17-29-12-9-27(10-13-29)16-24(31)30(18-27)21-6-4-20(5-7-21)26(32)33;3-2(4,5)1(6)7/h3-8,11,14-15H,2,9-10,12-13,16-18H2,1H3,(H,32,33);(H,6,7). The van der Waals surface area contributed by atoms with Crippen LogP contribution < -0.4 is 19.6 Å². The third-order valence-electron chi connectivity index (χ3n) is 7.46. The number of likely N-dealkylation sites (tertiary alicyclic amines) is 1. The number of alkyl halides is 3. The molecule has 0 bridgehead atoms. The SMILES string of the molecule is CCOc1cc(C[NH+]2CCC3(CC2)CC(=O)N(c2ccc(C(=O)O)cc2)C3)ccc1-c1nccs1.O=C([O-])C(F)(F)F. The van der Waals surface area contributed by atoms with Gasteiger partial charge in [0.05, 0.1) is 30.8 Å². The normalized spacial score (nSPS) is 20.2. The van der Waals surface area contributed by atoms with Crippen LogP contribution in [0.5, 0.6) is 5.75 Å². The monoisotopic (exact) mass is 605 g/mol. The van der Waals surface area contributed by atoms with Crippen LogP contribution in [0.25, 0.3) is 10.6 Å². The van der Waals surface area contributed by atoms with Gasteiger partial charge in [0.2, 0.25) is 5.91 Å². The van der Waals surface area contributed by atoms with Gasteiger partial charge < -0.3 is 29.5 Å². The zero-order chi connectivity index (χ0) is 30.5. The van der Waals surface area contributed by atoms with Gasteiger partial charge in [0.1, 0.15) is 23.3 Å². The number of rotatable bonds is 7. The topological polar surface area (TPSA) is 124 Å². The minimum absolute atomic E-state index is 0.0111. The lowest BCUT2D eigenvalue weighted by molar-refractivity contribution is -0.921. The van der Waals surface area contributed by atoms with Gasteiger partial charge in [0, 0.05) is 54.0 Å². The Morgan fingerprint density at radius 1 is 1.17 bits per heavy atom. The lowest BCUT2D eigenvalue weighted by atomic mass is 9.77. The lowest BCUT2D eigenvalue weighted by Crippen LogP contribution is -3.12. The molecule has 0 atom stereocenters. The molecule has 0 aliphatic carbocycles. The number of piperidine rings is 1. The second-order valence-electron chi connectivity index (χ2n) is 10.3. The highest BCUT2D eigenvalue weighted by atomic mass is 32.1. The van der Waals surface area contributed by atoms with E-state index >= 15 is 0 Å². The maximum Gasteiger partial charge on any atom is 0.430 e. The molecule has 2 N–H and O–H groups in total. The zero-order valence-corrected chi connectivity index (χ0v) is 23.6. The number of nitrogens with one attached hydrogen (secondary N) is 1. The van der Waals surface area contributed by atoms with Crippen LogP contribution in [-0.4, -0.2) is 60.4 Å². The third-order valence-corrected chi connectivity index (χ3v) is 8.27. The predicted octanol–water partition coefficient (Wildman–Crippen LogP) is 2.81. The molecule has 9 nitrogen and oxygen atoms in total. The first kappa shape index (κ1) is 31.0. The van der Waals surface area contributed by atoms with E-state index in [1.807, 2.05) is 23.4 Å². The van der Waals surface area contributed by atoms with Crippen molar-refractivity contribution in [3.8, 4) is 16.3 Å². The van der Waals surface area contributed by atoms with Gasteiger partial charge in [-0.25, -0.2) is 9.78 Å². The van der Waals surface area contributed by atoms with Crippen molar-refractivity contribution < 1.29 is 47.4 Å². The average Bonchev–Trinajstić information content (AvgIpc) is 3.59. The Morgan fingerprint density at radius 2 is 1.83 bits per heavy atom. The smallest absolute Gasteiger partial charge is 0.430 e. The summed E-state index contributed by atoms with van der Waals surface area (Å²) in [7, 11) is 0. The fourth-order valence-electron chi connectivity index (χ4n) is 5.33. The van der Waals surface area contributed by atoms with E-state index in [0.717, 1.165) is 54.5 Å². The molecule has 1 aromatic heterocycles. The van der Waals surface area contributed by atoms with Crippen molar-refractivity contribution in [1.82, 2.24) is 4.98 Å². The first-order valence-corrected chi connectivity index (χ1v) is 14.2. The number of quaternary nitrogens is 1. The maximum absolute atomic E-state index is 12.9. The van der Waals surface area contributed by atoms with E-state index in [4.69, 9.17) is 19.7 Å². The largest absolute Gasteiger partial charge is 0.542 e. The molecular weight excluding hydrogens is 575 g/mol. The number of nitrogens with zero attached hydrogens (tertiary/aromatic N) is 2. The summed E-state index contributed by atoms with van der Waals surface area (Å²) in [6.45, 7) is 6.31. The van der Waals surface area contributed by atoms with Crippen molar-refractivity contribution in [3.05, 3.63) is 65.2 Å². The van der Waals surface area contributed by atoms with Gasteiger partial charge in [-0.3, -0.25) is 4.79 Å². The number of aromatic nitrogens is 1. The number of carbonyl (C=O) groups excluding carboxylic acids is 2. The second-order valence-corrected chi connectivity index (χ2v) is 11.2. The number of anilines is 1. The fourth-order valence-corrected chi connectivity index (χ4v) is 6.00. The first-order valence-electron chi connectivity index (χ1n) is 13.3. The van der Waals surface area contributed by atoms with E-state index in [1.165, 1.54) is 10.5 Å². The summed E-state index contributed by atoms with van der Waals surface area (Å²) in [5.41, 5.74) is 3.33. The summed E-state index contributed by atoms with van der Waals surface area (Å²) < 4.78 is 37.5. The number of ether oxygens (including phenoxy) is 1. The Kier molecular flexibility index (Phi) is 9.52. The highest BCUT2D eigenvalue weighted by Gasteiger charge is 2.46. The molecule has 2 aliphatic rings. The van der Waals surface area contributed by atoms with Gasteiger partial charge in [-0.1, -0.05) is 6.07 Å². The Morgan fingerprint density at radius 3 is 2.38 bits per heavy atom. The van der Waals surface area contributed by atoms with Crippen LogP contribution in [-0.2, 0) is 16.1 Å². The molecule has 2 saturated heterocycles. The molecule has 42 heavy (non-hydrogen) atoms. The van der Waals surface area contributed by atoms with Crippen LogP contribution >= 0.6 is 11.3 Å². The molecule has 13 heteroatoms. The summed E-state index contributed by atoms with van der Waals surface area (Å²) in [5.74, 6) is -2.94. The van der Waals surface area contributed by atoms with Crippen LogP contribution in [0, 0.1) is 5.41 Å². The van der Waals surface area contributed by atoms with Gasteiger partial charge in [0.15, 0.2) is 0 Å². The fraction of sp³-hybridized carbons (Fsp3) is 0.379. The van der Waals surface area contributed by atoms with Crippen molar-refractivity contribution in [2.45, 2.75) is 38.9 Å². The van der Waals surface area contributed by atoms with Crippen LogP contribution in [0.3, 0.4) is 0 Å². The third kappa shape index (κ3) is 7.45. The number of hydrogen-bond acceptors (Lipinski definition) is 7. The molecule has 0 unspecified atom stereocenters. The summed E-state index contributed by atoms with van der Waals surface area (Å²) >= 11 is 1.61. The Bertz CT molecular complexity index is 1400. The van der Waals surface area contributed by atoms with Gasteiger partial charge >= 0.3 is 12.1 Å². The maximum atomic E-state index is 12.9. The highest BCUT2D eigenvalue weighted by molar-refractivity contribution is 7.13. The number of aliphatic carboxylic acids is 1. The Balaban J connectivity index is 0.000000517. The molecule has 5 rings (SSSR count). The van der Waals surface area contributed by atoms with E-state index in [-0.39, 0.29) is 16.9 Å². The molecule has 2 aromatic carbocycles. The number of hydrogen-bond donors (Lipinski definition) is 2. The molecule has 3 aromatic rings. The summed E-state index contributed by atoms with van der Waals surface area (Å²) in [6, 6.07) is 13.1. The minimum Gasteiger partial charge on any atom is -0.542 e. The number of carboxylic acids is 2.